The van der Waals surface area contributed by atoms with Crippen LogP contribution in [0.4, 0.5) is 5.69 Å². The number of ketones is 2. The molecule has 0 atom stereocenters. The van der Waals surface area contributed by atoms with E-state index in [1.54, 1.807) is 60.7 Å². The molecule has 0 aliphatic carbocycles. The number of benzene rings is 3. The van der Waals surface area contributed by atoms with Crippen molar-refractivity contribution in [1.29, 1.82) is 0 Å². The molecule has 0 saturated carbocycles. The number of Topliss-reactive ketones (excluding diaryl/α,β-unsaturated/α-hetero) is 2. The van der Waals surface area contributed by atoms with E-state index in [-0.39, 0.29) is 43.2 Å². The zero-order chi connectivity index (χ0) is 25.0. The Morgan fingerprint density at radius 3 is 1.63 bits per heavy atom. The van der Waals surface area contributed by atoms with Crippen molar-refractivity contribution < 1.29 is 33.4 Å². The molecule has 1 N–H and O–H groups in total. The summed E-state index contributed by atoms with van der Waals surface area (Å²) in [7, 11) is 0. The summed E-state index contributed by atoms with van der Waals surface area (Å²) in [6.45, 7) is -0.770. The van der Waals surface area contributed by atoms with Gasteiger partial charge in [0.15, 0.2) is 24.8 Å². The minimum atomic E-state index is -0.667. The number of nitrogens with one attached hydrogen (secondary N) is 1. The van der Waals surface area contributed by atoms with Crippen LogP contribution in [0.15, 0.2) is 84.9 Å². The van der Waals surface area contributed by atoms with E-state index in [1.807, 2.05) is 0 Å². The molecule has 0 unspecified atom stereocenters. The van der Waals surface area contributed by atoms with Gasteiger partial charge in [-0.15, -0.1) is 0 Å². The average molecular weight is 473 g/mol. The molecule has 3 aromatic rings. The Bertz CT molecular complexity index is 1190. The number of carbonyl (C=O) groups excluding carboxylic acids is 5. The summed E-state index contributed by atoms with van der Waals surface area (Å²) in [5.74, 6) is -2.40. The van der Waals surface area contributed by atoms with Crippen LogP contribution in [0, 0.1) is 0 Å². The van der Waals surface area contributed by atoms with Crippen LogP contribution in [0.25, 0.3) is 0 Å². The fourth-order valence-electron chi connectivity index (χ4n) is 2.98. The summed E-state index contributed by atoms with van der Waals surface area (Å²) in [6, 6.07) is 22.9. The van der Waals surface area contributed by atoms with Gasteiger partial charge in [-0.3, -0.25) is 19.2 Å². The summed E-state index contributed by atoms with van der Waals surface area (Å²) < 4.78 is 9.97. The normalized spacial score (nSPS) is 10.2. The quantitative estimate of drug-likeness (QED) is 0.332. The van der Waals surface area contributed by atoms with Crippen molar-refractivity contribution >= 4 is 35.1 Å². The summed E-state index contributed by atoms with van der Waals surface area (Å²) >= 11 is 0. The van der Waals surface area contributed by atoms with Crippen molar-refractivity contribution in [2.45, 2.75) is 12.8 Å². The summed E-state index contributed by atoms with van der Waals surface area (Å²) in [6.07, 6.45) is -0.322. The number of anilines is 1. The van der Waals surface area contributed by atoms with Crippen LogP contribution in [0.5, 0.6) is 0 Å². The number of carbonyl (C=O) groups is 5. The number of rotatable bonds is 11. The van der Waals surface area contributed by atoms with Gasteiger partial charge < -0.3 is 14.8 Å². The first-order valence-corrected chi connectivity index (χ1v) is 10.8. The minimum absolute atomic E-state index is 0.135. The first-order chi connectivity index (χ1) is 16.9. The minimum Gasteiger partial charge on any atom is -0.457 e. The molecular weight excluding hydrogens is 450 g/mol. The summed E-state index contributed by atoms with van der Waals surface area (Å²) in [4.78, 5) is 60.0. The molecule has 0 fully saturated rings. The van der Waals surface area contributed by atoms with Gasteiger partial charge in [-0.05, 0) is 24.3 Å². The predicted octanol–water partition coefficient (Wildman–Crippen LogP) is 3.87. The second-order valence-corrected chi connectivity index (χ2v) is 7.44. The molecule has 3 aromatic carbocycles. The van der Waals surface area contributed by atoms with Gasteiger partial charge in [-0.25, -0.2) is 4.79 Å². The van der Waals surface area contributed by atoms with Gasteiger partial charge in [0.2, 0.25) is 5.91 Å². The number of hydrogen-bond donors (Lipinski definition) is 1. The number of amides is 1. The largest absolute Gasteiger partial charge is 0.457 e. The van der Waals surface area contributed by atoms with Crippen LogP contribution in [-0.2, 0) is 19.1 Å². The molecule has 8 heteroatoms. The first kappa shape index (κ1) is 25.0. The molecule has 0 heterocycles. The Balaban J connectivity index is 1.38. The molecule has 0 radical (unpaired) electrons. The Morgan fingerprint density at radius 2 is 1.09 bits per heavy atom. The zero-order valence-corrected chi connectivity index (χ0v) is 18.8. The van der Waals surface area contributed by atoms with Gasteiger partial charge in [-0.1, -0.05) is 60.7 Å². The lowest BCUT2D eigenvalue weighted by Crippen LogP contribution is -2.17. The highest BCUT2D eigenvalue weighted by Gasteiger charge is 2.14. The third kappa shape index (κ3) is 8.04. The van der Waals surface area contributed by atoms with Crippen LogP contribution >= 0.6 is 0 Å². The van der Waals surface area contributed by atoms with Gasteiger partial charge in [-0.2, -0.15) is 0 Å². The fraction of sp³-hybridized carbons (Fsp3) is 0.148. The molecule has 0 bridgehead atoms. The van der Waals surface area contributed by atoms with Crippen LogP contribution in [-0.4, -0.2) is 42.6 Å². The Hall–Kier alpha value is -4.59. The Kier molecular flexibility index (Phi) is 9.01. The maximum Gasteiger partial charge on any atom is 0.338 e. The van der Waals surface area contributed by atoms with Crippen LogP contribution in [0.1, 0.15) is 43.9 Å². The molecule has 0 aliphatic rings. The second kappa shape index (κ2) is 12.6. The standard InChI is InChI=1S/C27H23NO7/c29-23(19-7-3-1-4-8-19)17-34-26(32)16-15-25(31)28-22-13-11-21(12-14-22)27(33)35-18-24(30)20-9-5-2-6-10-20/h1-14H,15-18H2,(H,28,31). The predicted molar refractivity (Wildman–Crippen MR) is 127 cm³/mol. The maximum absolute atomic E-state index is 12.2. The lowest BCUT2D eigenvalue weighted by Gasteiger charge is -2.08. The van der Waals surface area contributed by atoms with Gasteiger partial charge in [0.1, 0.15) is 0 Å². The lowest BCUT2D eigenvalue weighted by atomic mass is 10.1. The molecule has 0 saturated heterocycles. The lowest BCUT2D eigenvalue weighted by molar-refractivity contribution is -0.143. The van der Waals surface area contributed by atoms with Crippen molar-refractivity contribution in [3.05, 3.63) is 102 Å². The first-order valence-electron chi connectivity index (χ1n) is 10.8. The van der Waals surface area contributed by atoms with Crippen molar-refractivity contribution in [3.8, 4) is 0 Å². The van der Waals surface area contributed by atoms with Crippen molar-refractivity contribution in [1.82, 2.24) is 0 Å². The highest BCUT2D eigenvalue weighted by atomic mass is 16.5. The molecule has 178 valence electrons. The maximum atomic E-state index is 12.2. The SMILES string of the molecule is O=C(CCC(=O)OCC(=O)c1ccccc1)Nc1ccc(C(=O)OCC(=O)c2ccccc2)cc1. The third-order valence-electron chi connectivity index (χ3n) is 4.85. The molecule has 0 spiro atoms. The second-order valence-electron chi connectivity index (χ2n) is 7.44. The van der Waals surface area contributed by atoms with Crippen molar-refractivity contribution in [2.75, 3.05) is 18.5 Å². The summed E-state index contributed by atoms with van der Waals surface area (Å²) in [5, 5.41) is 2.61. The molecule has 1 amide bonds. The number of hydrogen-bond acceptors (Lipinski definition) is 7. The summed E-state index contributed by atoms with van der Waals surface area (Å²) in [5.41, 5.74) is 1.52. The van der Waals surface area contributed by atoms with E-state index in [9.17, 15) is 24.0 Å². The number of esters is 2. The Labute approximate surface area is 201 Å². The molecule has 35 heavy (non-hydrogen) atoms. The topological polar surface area (TPSA) is 116 Å². The van der Waals surface area contributed by atoms with E-state index >= 15 is 0 Å². The van der Waals surface area contributed by atoms with Crippen LogP contribution < -0.4 is 5.32 Å². The van der Waals surface area contributed by atoms with E-state index in [2.05, 4.69) is 5.32 Å². The van der Waals surface area contributed by atoms with E-state index in [0.717, 1.165) is 0 Å². The van der Waals surface area contributed by atoms with E-state index in [0.29, 0.717) is 16.8 Å². The highest BCUT2D eigenvalue weighted by Crippen LogP contribution is 2.12. The molecule has 8 nitrogen and oxygen atoms in total. The van der Waals surface area contributed by atoms with E-state index in [1.165, 1.54) is 24.3 Å². The molecule has 3 rings (SSSR count). The Morgan fingerprint density at radius 1 is 0.571 bits per heavy atom. The van der Waals surface area contributed by atoms with Crippen LogP contribution in [0.3, 0.4) is 0 Å². The molecule has 0 aliphatic heterocycles. The van der Waals surface area contributed by atoms with E-state index < -0.39 is 17.8 Å². The van der Waals surface area contributed by atoms with Crippen LogP contribution in [0.2, 0.25) is 0 Å². The van der Waals surface area contributed by atoms with Gasteiger partial charge in [0, 0.05) is 23.2 Å². The third-order valence-corrected chi connectivity index (χ3v) is 4.85. The highest BCUT2D eigenvalue weighted by molar-refractivity contribution is 6.00. The molecule has 0 aromatic heterocycles. The monoisotopic (exact) mass is 473 g/mol. The number of ether oxygens (including phenoxy) is 2. The average Bonchev–Trinajstić information content (AvgIpc) is 2.90. The van der Waals surface area contributed by atoms with Crippen molar-refractivity contribution in [2.24, 2.45) is 0 Å². The smallest absolute Gasteiger partial charge is 0.338 e. The fourth-order valence-corrected chi connectivity index (χ4v) is 2.98. The van der Waals surface area contributed by atoms with Crippen molar-refractivity contribution in [3.63, 3.8) is 0 Å². The van der Waals surface area contributed by atoms with Gasteiger partial charge in [0.05, 0.1) is 12.0 Å². The van der Waals surface area contributed by atoms with Gasteiger partial charge >= 0.3 is 11.9 Å². The van der Waals surface area contributed by atoms with E-state index in [4.69, 9.17) is 9.47 Å². The molecular formula is C27H23NO7. The zero-order valence-electron chi connectivity index (χ0n) is 18.8. The van der Waals surface area contributed by atoms with Gasteiger partial charge in [0.25, 0.3) is 0 Å².